The van der Waals surface area contributed by atoms with Gasteiger partial charge in [-0.05, 0) is 13.0 Å². The fraction of sp³-hybridized carbons (Fsp3) is 0.231. The van der Waals surface area contributed by atoms with Crippen LogP contribution in [0.3, 0.4) is 0 Å². The van der Waals surface area contributed by atoms with Gasteiger partial charge in [-0.2, -0.15) is 0 Å². The van der Waals surface area contributed by atoms with E-state index in [2.05, 4.69) is 5.32 Å². The van der Waals surface area contributed by atoms with Gasteiger partial charge in [0.15, 0.2) is 11.5 Å². The van der Waals surface area contributed by atoms with Crippen LogP contribution in [0, 0.1) is 0 Å². The van der Waals surface area contributed by atoms with Crippen LogP contribution in [0.1, 0.15) is 18.5 Å². The minimum Gasteiger partial charge on any atom is -0.472 e. The number of ether oxygens (including phenoxy) is 2. The minimum absolute atomic E-state index is 0.0987. The van der Waals surface area contributed by atoms with Crippen LogP contribution >= 0.6 is 11.6 Å². The molecular weight excluding hydrogens is 254 g/mol. The van der Waals surface area contributed by atoms with E-state index in [1.54, 1.807) is 18.6 Å². The average molecular weight is 266 g/mol. The number of hydrogen-bond acceptors (Lipinski definition) is 4. The quantitative estimate of drug-likeness (QED) is 0.916. The molecule has 0 spiro atoms. The van der Waals surface area contributed by atoms with Gasteiger partial charge in [0.25, 0.3) is 0 Å². The van der Waals surface area contributed by atoms with Crippen molar-refractivity contribution in [3.63, 3.8) is 0 Å². The summed E-state index contributed by atoms with van der Waals surface area (Å²) in [4.78, 5) is 0. The highest BCUT2D eigenvalue weighted by atomic mass is 35.5. The summed E-state index contributed by atoms with van der Waals surface area (Å²) in [5.74, 6) is 1.39. The highest BCUT2D eigenvalue weighted by Gasteiger charge is 2.17. The number of halogens is 1. The Bertz CT molecular complexity index is 554. The maximum Gasteiger partial charge on any atom is 0.231 e. The van der Waals surface area contributed by atoms with Crippen LogP contribution in [0.15, 0.2) is 35.1 Å². The van der Waals surface area contributed by atoms with Gasteiger partial charge in [0.2, 0.25) is 6.79 Å². The second kappa shape index (κ2) is 4.46. The molecule has 0 aliphatic carbocycles. The molecule has 0 radical (unpaired) electrons. The normalized spacial score (nSPS) is 14.6. The summed E-state index contributed by atoms with van der Waals surface area (Å²) in [6.45, 7) is 2.28. The molecule has 18 heavy (non-hydrogen) atoms. The van der Waals surface area contributed by atoms with Crippen molar-refractivity contribution in [1.29, 1.82) is 0 Å². The van der Waals surface area contributed by atoms with E-state index < -0.39 is 0 Å². The maximum absolute atomic E-state index is 6.19. The van der Waals surface area contributed by atoms with Crippen molar-refractivity contribution in [3.8, 4) is 11.5 Å². The van der Waals surface area contributed by atoms with Crippen LogP contribution in [-0.4, -0.2) is 6.79 Å². The SMILES string of the molecule is CC(Nc1cc2c(cc1Cl)OCO2)c1ccoc1. The van der Waals surface area contributed by atoms with Gasteiger partial charge >= 0.3 is 0 Å². The summed E-state index contributed by atoms with van der Waals surface area (Å²) in [6, 6.07) is 5.62. The molecule has 0 saturated carbocycles. The molecule has 1 unspecified atom stereocenters. The molecule has 94 valence electrons. The summed E-state index contributed by atoms with van der Waals surface area (Å²) in [5, 5.41) is 3.92. The number of furan rings is 1. The largest absolute Gasteiger partial charge is 0.472 e. The van der Waals surface area contributed by atoms with Crippen molar-refractivity contribution in [3.05, 3.63) is 41.3 Å². The molecule has 1 aromatic carbocycles. The summed E-state index contributed by atoms with van der Waals surface area (Å²) >= 11 is 6.19. The summed E-state index contributed by atoms with van der Waals surface area (Å²) in [7, 11) is 0. The van der Waals surface area contributed by atoms with Gasteiger partial charge < -0.3 is 19.2 Å². The standard InChI is InChI=1S/C13H12ClNO3/c1-8(9-2-3-16-6-9)15-11-5-13-12(4-10(11)14)17-7-18-13/h2-6,8,15H,7H2,1H3. The molecule has 0 amide bonds. The Balaban J connectivity index is 1.85. The number of hydrogen-bond donors (Lipinski definition) is 1. The van der Waals surface area contributed by atoms with Gasteiger partial charge in [-0.15, -0.1) is 0 Å². The lowest BCUT2D eigenvalue weighted by Gasteiger charge is -2.15. The molecule has 1 aliphatic heterocycles. The number of fused-ring (bicyclic) bond motifs is 1. The monoisotopic (exact) mass is 265 g/mol. The Morgan fingerprint density at radius 2 is 2.06 bits per heavy atom. The van der Waals surface area contributed by atoms with Crippen LogP contribution in [0.2, 0.25) is 5.02 Å². The third-order valence-corrected chi connectivity index (χ3v) is 3.19. The van der Waals surface area contributed by atoms with Crippen molar-refractivity contribution in [2.45, 2.75) is 13.0 Å². The molecule has 2 aromatic rings. The van der Waals surface area contributed by atoms with Crippen molar-refractivity contribution >= 4 is 17.3 Å². The predicted octanol–water partition coefficient (Wildman–Crippen LogP) is 3.83. The van der Waals surface area contributed by atoms with Crippen LogP contribution in [0.25, 0.3) is 0 Å². The molecule has 4 nitrogen and oxygen atoms in total. The van der Waals surface area contributed by atoms with Crippen molar-refractivity contribution < 1.29 is 13.9 Å². The molecule has 0 bridgehead atoms. The van der Waals surface area contributed by atoms with Crippen LogP contribution in [-0.2, 0) is 0 Å². The molecule has 0 fully saturated rings. The fourth-order valence-corrected chi connectivity index (χ4v) is 2.07. The molecule has 1 aliphatic rings. The second-order valence-corrected chi connectivity index (χ2v) is 4.52. The molecular formula is C13H12ClNO3. The van der Waals surface area contributed by atoms with Gasteiger partial charge in [0.05, 0.1) is 29.3 Å². The molecule has 1 N–H and O–H groups in total. The summed E-state index contributed by atoms with van der Waals surface area (Å²) in [5.41, 5.74) is 1.87. The minimum atomic E-state index is 0.0987. The van der Waals surface area contributed by atoms with Gasteiger partial charge in [0.1, 0.15) is 0 Å². The first-order valence-corrected chi connectivity index (χ1v) is 5.99. The van der Waals surface area contributed by atoms with Crippen molar-refractivity contribution in [2.75, 3.05) is 12.1 Å². The number of benzene rings is 1. The average Bonchev–Trinajstić information content (AvgIpc) is 2.98. The number of anilines is 1. The molecule has 1 atom stereocenters. The Labute approximate surface area is 109 Å². The van der Waals surface area contributed by atoms with E-state index in [4.69, 9.17) is 25.5 Å². The van der Waals surface area contributed by atoms with E-state index in [0.29, 0.717) is 16.5 Å². The van der Waals surface area contributed by atoms with Crippen LogP contribution in [0.5, 0.6) is 11.5 Å². The molecule has 0 saturated heterocycles. The summed E-state index contributed by atoms with van der Waals surface area (Å²) < 4.78 is 15.6. The van der Waals surface area contributed by atoms with Gasteiger partial charge in [-0.3, -0.25) is 0 Å². The van der Waals surface area contributed by atoms with Crippen LogP contribution < -0.4 is 14.8 Å². The Hall–Kier alpha value is -1.81. The Kier molecular flexibility index (Phi) is 2.80. The van der Waals surface area contributed by atoms with Crippen LogP contribution in [0.4, 0.5) is 5.69 Å². The fourth-order valence-electron chi connectivity index (χ4n) is 1.87. The van der Waals surface area contributed by atoms with Gasteiger partial charge in [-0.25, -0.2) is 0 Å². The summed E-state index contributed by atoms with van der Waals surface area (Å²) in [6.07, 6.45) is 3.35. The molecule has 3 rings (SSSR count). The zero-order valence-electron chi connectivity index (χ0n) is 9.77. The first-order valence-electron chi connectivity index (χ1n) is 5.62. The van der Waals surface area contributed by atoms with E-state index in [-0.39, 0.29) is 12.8 Å². The first kappa shape index (κ1) is 11.3. The lowest BCUT2D eigenvalue weighted by Crippen LogP contribution is -2.05. The lowest BCUT2D eigenvalue weighted by molar-refractivity contribution is 0.174. The molecule has 2 heterocycles. The predicted molar refractivity (Wildman–Crippen MR) is 68.3 cm³/mol. The van der Waals surface area contributed by atoms with E-state index in [1.807, 2.05) is 19.1 Å². The number of rotatable bonds is 3. The third-order valence-electron chi connectivity index (χ3n) is 2.88. The van der Waals surface area contributed by atoms with E-state index >= 15 is 0 Å². The van der Waals surface area contributed by atoms with Crippen molar-refractivity contribution in [1.82, 2.24) is 0 Å². The maximum atomic E-state index is 6.19. The highest BCUT2D eigenvalue weighted by Crippen LogP contribution is 2.40. The van der Waals surface area contributed by atoms with Gasteiger partial charge in [0, 0.05) is 17.7 Å². The van der Waals surface area contributed by atoms with E-state index in [9.17, 15) is 0 Å². The molecule has 1 aromatic heterocycles. The smallest absolute Gasteiger partial charge is 0.231 e. The van der Waals surface area contributed by atoms with Gasteiger partial charge in [-0.1, -0.05) is 11.6 Å². The van der Waals surface area contributed by atoms with E-state index in [1.165, 1.54) is 0 Å². The van der Waals surface area contributed by atoms with E-state index in [0.717, 1.165) is 11.3 Å². The zero-order chi connectivity index (χ0) is 12.5. The first-order chi connectivity index (χ1) is 8.74. The zero-order valence-corrected chi connectivity index (χ0v) is 10.5. The van der Waals surface area contributed by atoms with Crippen molar-refractivity contribution in [2.24, 2.45) is 0 Å². The lowest BCUT2D eigenvalue weighted by atomic mass is 10.1. The molecule has 5 heteroatoms. The Morgan fingerprint density at radius 3 is 2.78 bits per heavy atom. The second-order valence-electron chi connectivity index (χ2n) is 4.11. The Morgan fingerprint density at radius 1 is 1.28 bits per heavy atom. The topological polar surface area (TPSA) is 43.6 Å². The number of nitrogens with one attached hydrogen (secondary N) is 1. The third kappa shape index (κ3) is 1.99. The highest BCUT2D eigenvalue weighted by molar-refractivity contribution is 6.33.